The van der Waals surface area contributed by atoms with Crippen molar-refractivity contribution in [1.29, 1.82) is 5.26 Å². The Balaban J connectivity index is 1.81. The molecule has 0 atom stereocenters. The summed E-state index contributed by atoms with van der Waals surface area (Å²) in [6.45, 7) is 0.757. The molecule has 2 rings (SSSR count). The molecule has 2 aliphatic rings. The van der Waals surface area contributed by atoms with Crippen molar-refractivity contribution in [1.82, 2.24) is 5.32 Å². The summed E-state index contributed by atoms with van der Waals surface area (Å²) in [6, 6.07) is 2.31. The lowest BCUT2D eigenvalue weighted by Crippen LogP contribution is -2.40. The highest BCUT2D eigenvalue weighted by Gasteiger charge is 2.38. The molecule has 0 saturated heterocycles. The van der Waals surface area contributed by atoms with E-state index >= 15 is 0 Å². The van der Waals surface area contributed by atoms with Crippen LogP contribution < -0.4 is 5.32 Å². The third-order valence-corrected chi connectivity index (χ3v) is 4.67. The fourth-order valence-electron chi connectivity index (χ4n) is 3.06. The van der Waals surface area contributed by atoms with Crippen molar-refractivity contribution in [3.8, 4) is 6.07 Å². The molecule has 0 aromatic carbocycles. The van der Waals surface area contributed by atoms with Crippen molar-refractivity contribution >= 4 is 5.91 Å². The predicted molar refractivity (Wildman–Crippen MR) is 70.7 cm³/mol. The summed E-state index contributed by atoms with van der Waals surface area (Å²) in [6.07, 6.45) is 10.9. The molecule has 0 bridgehead atoms. The third-order valence-electron chi connectivity index (χ3n) is 4.67. The molecular formula is C15H24N2O. The van der Waals surface area contributed by atoms with Gasteiger partial charge in [-0.25, -0.2) is 0 Å². The molecule has 1 N–H and O–H groups in total. The van der Waals surface area contributed by atoms with Gasteiger partial charge in [0.05, 0.1) is 6.07 Å². The minimum absolute atomic E-state index is 0.00813. The number of nitrogens with zero attached hydrogens (tertiary/aromatic N) is 1. The van der Waals surface area contributed by atoms with Gasteiger partial charge < -0.3 is 5.32 Å². The van der Waals surface area contributed by atoms with Gasteiger partial charge in [-0.05, 0) is 25.2 Å². The second-order valence-corrected chi connectivity index (χ2v) is 5.95. The number of hydrogen-bond acceptors (Lipinski definition) is 2. The van der Waals surface area contributed by atoms with Gasteiger partial charge in [0.25, 0.3) is 0 Å². The highest BCUT2D eigenvalue weighted by Crippen LogP contribution is 2.35. The second kappa shape index (κ2) is 6.22. The predicted octanol–water partition coefficient (Wildman–Crippen LogP) is 3.16. The Morgan fingerprint density at radius 3 is 2.33 bits per heavy atom. The monoisotopic (exact) mass is 248 g/mol. The minimum Gasteiger partial charge on any atom is -0.355 e. The number of carbonyl (C=O) groups is 1. The van der Waals surface area contributed by atoms with E-state index in [-0.39, 0.29) is 5.91 Å². The second-order valence-electron chi connectivity index (χ2n) is 5.95. The quantitative estimate of drug-likeness (QED) is 0.777. The van der Waals surface area contributed by atoms with Gasteiger partial charge in [-0.1, -0.05) is 44.9 Å². The first-order valence-electron chi connectivity index (χ1n) is 7.46. The molecule has 0 unspecified atom stereocenters. The SMILES string of the molecule is N#CC1(C(=O)NCCC2CCC2)CCCCCC1. The summed E-state index contributed by atoms with van der Waals surface area (Å²) in [5.74, 6) is 0.809. The summed E-state index contributed by atoms with van der Waals surface area (Å²) >= 11 is 0. The van der Waals surface area contributed by atoms with E-state index in [4.69, 9.17) is 0 Å². The van der Waals surface area contributed by atoms with Crippen LogP contribution in [0.5, 0.6) is 0 Å². The molecule has 18 heavy (non-hydrogen) atoms. The Morgan fingerprint density at radius 1 is 1.17 bits per heavy atom. The maximum atomic E-state index is 12.3. The van der Waals surface area contributed by atoms with Crippen LogP contribution in [0.25, 0.3) is 0 Å². The Morgan fingerprint density at radius 2 is 1.83 bits per heavy atom. The molecule has 3 nitrogen and oxygen atoms in total. The van der Waals surface area contributed by atoms with Gasteiger partial charge in [-0.2, -0.15) is 5.26 Å². The molecule has 2 fully saturated rings. The van der Waals surface area contributed by atoms with Crippen LogP contribution in [0.3, 0.4) is 0 Å². The average Bonchev–Trinajstić information content (AvgIpc) is 2.58. The van der Waals surface area contributed by atoms with Crippen LogP contribution >= 0.6 is 0 Å². The third kappa shape index (κ3) is 3.04. The van der Waals surface area contributed by atoms with Crippen molar-refractivity contribution < 1.29 is 4.79 Å². The van der Waals surface area contributed by atoms with E-state index < -0.39 is 5.41 Å². The lowest BCUT2D eigenvalue weighted by atomic mass is 9.80. The van der Waals surface area contributed by atoms with E-state index in [1.54, 1.807) is 0 Å². The van der Waals surface area contributed by atoms with Gasteiger partial charge in [0.2, 0.25) is 5.91 Å². The lowest BCUT2D eigenvalue weighted by Gasteiger charge is -2.27. The van der Waals surface area contributed by atoms with Crippen LogP contribution in [0.15, 0.2) is 0 Å². The van der Waals surface area contributed by atoms with E-state index in [0.717, 1.165) is 44.6 Å². The Labute approximate surface area is 110 Å². The standard InChI is InChI=1S/C15H24N2O/c16-12-15(9-3-1-2-4-10-15)14(18)17-11-8-13-6-5-7-13/h13H,1-11H2,(H,17,18). The van der Waals surface area contributed by atoms with Crippen LogP contribution in [0, 0.1) is 22.7 Å². The average molecular weight is 248 g/mol. The van der Waals surface area contributed by atoms with Crippen molar-refractivity contribution in [2.45, 2.75) is 64.2 Å². The Bertz CT molecular complexity index is 320. The summed E-state index contributed by atoms with van der Waals surface area (Å²) in [7, 11) is 0. The number of nitriles is 1. The summed E-state index contributed by atoms with van der Waals surface area (Å²) < 4.78 is 0. The van der Waals surface area contributed by atoms with Crippen LogP contribution in [0.1, 0.15) is 64.2 Å². The number of amides is 1. The van der Waals surface area contributed by atoms with Crippen molar-refractivity contribution in [3.05, 3.63) is 0 Å². The highest BCUT2D eigenvalue weighted by atomic mass is 16.2. The van der Waals surface area contributed by atoms with E-state index in [1.165, 1.54) is 32.1 Å². The first kappa shape index (κ1) is 13.4. The van der Waals surface area contributed by atoms with Gasteiger partial charge in [0.1, 0.15) is 5.41 Å². The summed E-state index contributed by atoms with van der Waals surface area (Å²) in [5, 5.41) is 12.4. The first-order chi connectivity index (χ1) is 8.77. The molecular weight excluding hydrogens is 224 g/mol. The zero-order chi connectivity index (χ0) is 12.8. The molecule has 0 heterocycles. The van der Waals surface area contributed by atoms with Crippen molar-refractivity contribution in [2.75, 3.05) is 6.54 Å². The molecule has 0 aromatic heterocycles. The van der Waals surface area contributed by atoms with Gasteiger partial charge in [-0.15, -0.1) is 0 Å². The minimum atomic E-state index is -0.726. The largest absolute Gasteiger partial charge is 0.355 e. The molecule has 2 saturated carbocycles. The topological polar surface area (TPSA) is 52.9 Å². The van der Waals surface area contributed by atoms with Gasteiger partial charge >= 0.3 is 0 Å². The molecule has 0 aliphatic heterocycles. The van der Waals surface area contributed by atoms with Gasteiger partial charge in [-0.3, -0.25) is 4.79 Å². The smallest absolute Gasteiger partial charge is 0.240 e. The van der Waals surface area contributed by atoms with E-state index in [9.17, 15) is 10.1 Å². The lowest BCUT2D eigenvalue weighted by molar-refractivity contribution is -0.128. The van der Waals surface area contributed by atoms with Crippen LogP contribution in [-0.2, 0) is 4.79 Å². The normalized spacial score (nSPS) is 23.5. The van der Waals surface area contributed by atoms with Crippen LogP contribution in [0.4, 0.5) is 0 Å². The number of carbonyl (C=O) groups excluding carboxylic acids is 1. The zero-order valence-electron chi connectivity index (χ0n) is 11.2. The molecule has 1 amide bonds. The highest BCUT2D eigenvalue weighted by molar-refractivity contribution is 5.85. The van der Waals surface area contributed by atoms with E-state index in [2.05, 4.69) is 11.4 Å². The Kier molecular flexibility index (Phi) is 4.63. The molecule has 0 spiro atoms. The summed E-state index contributed by atoms with van der Waals surface area (Å²) in [4.78, 5) is 12.3. The molecule has 0 radical (unpaired) electrons. The van der Waals surface area contributed by atoms with Gasteiger partial charge in [0.15, 0.2) is 0 Å². The molecule has 2 aliphatic carbocycles. The maximum absolute atomic E-state index is 12.3. The van der Waals surface area contributed by atoms with E-state index in [1.807, 2.05) is 0 Å². The number of nitrogens with one attached hydrogen (secondary N) is 1. The van der Waals surface area contributed by atoms with Crippen LogP contribution in [0.2, 0.25) is 0 Å². The molecule has 0 aromatic rings. The number of hydrogen-bond donors (Lipinski definition) is 1. The summed E-state index contributed by atoms with van der Waals surface area (Å²) in [5.41, 5.74) is -0.726. The maximum Gasteiger partial charge on any atom is 0.240 e. The van der Waals surface area contributed by atoms with E-state index in [0.29, 0.717) is 0 Å². The zero-order valence-corrected chi connectivity index (χ0v) is 11.2. The van der Waals surface area contributed by atoms with Gasteiger partial charge in [0, 0.05) is 6.54 Å². The molecule has 3 heteroatoms. The van der Waals surface area contributed by atoms with Crippen molar-refractivity contribution in [3.63, 3.8) is 0 Å². The Hall–Kier alpha value is -1.04. The first-order valence-corrected chi connectivity index (χ1v) is 7.46. The number of rotatable bonds is 4. The molecule has 100 valence electrons. The van der Waals surface area contributed by atoms with Crippen LogP contribution in [-0.4, -0.2) is 12.5 Å². The fraction of sp³-hybridized carbons (Fsp3) is 0.867. The fourth-order valence-corrected chi connectivity index (χ4v) is 3.06. The van der Waals surface area contributed by atoms with Crippen molar-refractivity contribution in [2.24, 2.45) is 11.3 Å².